The summed E-state index contributed by atoms with van der Waals surface area (Å²) in [4.78, 5) is 58.0. The number of aliphatic carboxylic acids is 6. The van der Waals surface area contributed by atoms with Crippen LogP contribution in [0, 0.1) is 0 Å². The van der Waals surface area contributed by atoms with Crippen molar-refractivity contribution in [1.29, 1.82) is 0 Å². The second-order valence-electron chi connectivity index (χ2n) is 3.94. The van der Waals surface area contributed by atoms with E-state index >= 15 is 0 Å². The van der Waals surface area contributed by atoms with E-state index < -0.39 is 35.8 Å². The highest BCUT2D eigenvalue weighted by Crippen LogP contribution is 1.93. The maximum Gasteiger partial charge on any atom is 0.328 e. The summed E-state index contributed by atoms with van der Waals surface area (Å²) >= 11 is 0. The van der Waals surface area contributed by atoms with Crippen LogP contribution in [0.3, 0.4) is 0 Å². The standard InChI is InChI=1S/C5H8O4.C4H6O4.C4H4O4/c6-4(7)2-1-3-5(8)9;2*5-3(6)1-2-4(7)8/h1-3H2,(H,6,7)(H,8,9);1-2H2,(H,5,6)(H,7,8);1-2H,(H,5,6)(H,7,8). The van der Waals surface area contributed by atoms with Gasteiger partial charge in [0.15, 0.2) is 0 Å². The van der Waals surface area contributed by atoms with Gasteiger partial charge in [-0.25, -0.2) is 9.59 Å². The number of carbonyl (C=O) groups is 6. The van der Waals surface area contributed by atoms with Crippen LogP contribution in [-0.4, -0.2) is 66.5 Å². The van der Waals surface area contributed by atoms with Crippen LogP contribution in [0.4, 0.5) is 0 Å². The van der Waals surface area contributed by atoms with E-state index in [1.807, 2.05) is 0 Å². The lowest BCUT2D eigenvalue weighted by molar-refractivity contribution is -0.143. The summed E-state index contributed by atoms with van der Waals surface area (Å²) in [5.74, 6) is -6.56. The predicted octanol–water partition coefficient (Wildman–Crippen LogP) is -0.0265. The highest BCUT2D eigenvalue weighted by atomic mass is 16.4. The first kappa shape index (κ1) is 26.5. The molecule has 6 N–H and O–H groups in total. The Morgan fingerprint density at radius 3 is 0.880 bits per heavy atom. The summed E-state index contributed by atoms with van der Waals surface area (Å²) in [6, 6.07) is 0. The summed E-state index contributed by atoms with van der Waals surface area (Å²) in [6.07, 6.45) is 0.610. The predicted molar refractivity (Wildman–Crippen MR) is 78.0 cm³/mol. The SMILES string of the molecule is O=C(O)C=CC(=O)O.O=C(O)CCC(=O)O.O=C(O)CCCC(=O)O. The Kier molecular flexibility index (Phi) is 17.9. The Balaban J connectivity index is -0.000000291. The van der Waals surface area contributed by atoms with Gasteiger partial charge in [0.05, 0.1) is 12.8 Å². The number of carboxylic acid groups (broad SMARTS) is 6. The molecule has 0 aromatic carbocycles. The number of hydrogen-bond acceptors (Lipinski definition) is 6. The van der Waals surface area contributed by atoms with Gasteiger partial charge in [0.25, 0.3) is 0 Å². The third-order valence-electron chi connectivity index (χ3n) is 1.70. The van der Waals surface area contributed by atoms with Gasteiger partial charge in [0, 0.05) is 25.0 Å². The lowest BCUT2D eigenvalue weighted by Gasteiger charge is -1.89. The fourth-order valence-electron chi connectivity index (χ4n) is 0.747. The molecule has 0 aromatic heterocycles. The summed E-state index contributed by atoms with van der Waals surface area (Å²) in [5.41, 5.74) is 0. The van der Waals surface area contributed by atoms with Crippen LogP contribution in [-0.2, 0) is 28.8 Å². The third-order valence-corrected chi connectivity index (χ3v) is 1.70. The van der Waals surface area contributed by atoms with E-state index in [9.17, 15) is 28.8 Å². The first-order valence-corrected chi connectivity index (χ1v) is 6.39. The summed E-state index contributed by atoms with van der Waals surface area (Å²) in [5, 5.41) is 47.5. The Labute approximate surface area is 140 Å². The maximum absolute atomic E-state index is 9.79. The van der Waals surface area contributed by atoms with Crippen molar-refractivity contribution >= 4 is 35.8 Å². The number of carboxylic acids is 6. The van der Waals surface area contributed by atoms with Gasteiger partial charge in [-0.15, -0.1) is 0 Å². The van der Waals surface area contributed by atoms with Gasteiger partial charge >= 0.3 is 35.8 Å². The Hall–Kier alpha value is -3.44. The zero-order valence-electron chi connectivity index (χ0n) is 12.8. The Bertz CT molecular complexity index is 461. The van der Waals surface area contributed by atoms with Gasteiger partial charge in [-0.3, -0.25) is 19.2 Å². The lowest BCUT2D eigenvalue weighted by atomic mass is 10.2. The molecule has 0 aliphatic rings. The molecular weight excluding hydrogens is 348 g/mol. The molecule has 0 radical (unpaired) electrons. The topological polar surface area (TPSA) is 224 Å². The molecule has 0 atom stereocenters. The van der Waals surface area contributed by atoms with Crippen molar-refractivity contribution in [3.63, 3.8) is 0 Å². The Morgan fingerprint density at radius 1 is 0.480 bits per heavy atom. The van der Waals surface area contributed by atoms with Crippen LogP contribution in [0.15, 0.2) is 12.2 Å². The molecule has 12 heteroatoms. The molecule has 0 fully saturated rings. The molecule has 12 nitrogen and oxygen atoms in total. The molecule has 0 aromatic rings. The van der Waals surface area contributed by atoms with Crippen LogP contribution in [0.5, 0.6) is 0 Å². The molecule has 0 saturated carbocycles. The average Bonchev–Trinajstić information content (AvgIpc) is 2.43. The number of hydrogen-bond donors (Lipinski definition) is 6. The van der Waals surface area contributed by atoms with Crippen LogP contribution in [0.1, 0.15) is 32.1 Å². The van der Waals surface area contributed by atoms with Gasteiger partial charge < -0.3 is 30.6 Å². The van der Waals surface area contributed by atoms with Crippen LogP contribution < -0.4 is 0 Å². The summed E-state index contributed by atoms with van der Waals surface area (Å²) in [7, 11) is 0. The minimum Gasteiger partial charge on any atom is -0.481 e. The second-order valence-corrected chi connectivity index (χ2v) is 3.94. The smallest absolute Gasteiger partial charge is 0.328 e. The fourth-order valence-corrected chi connectivity index (χ4v) is 0.747. The van der Waals surface area contributed by atoms with Crippen LogP contribution in [0.25, 0.3) is 0 Å². The summed E-state index contributed by atoms with van der Waals surface area (Å²) < 4.78 is 0. The molecule has 0 heterocycles. The molecular formula is C13H18O12. The second kappa shape index (κ2) is 16.9. The van der Waals surface area contributed by atoms with Gasteiger partial charge in [-0.2, -0.15) is 0 Å². The zero-order valence-corrected chi connectivity index (χ0v) is 12.8. The van der Waals surface area contributed by atoms with Crippen molar-refractivity contribution in [1.82, 2.24) is 0 Å². The largest absolute Gasteiger partial charge is 0.481 e. The van der Waals surface area contributed by atoms with Crippen molar-refractivity contribution in [3.8, 4) is 0 Å². The van der Waals surface area contributed by atoms with Crippen molar-refractivity contribution in [2.45, 2.75) is 32.1 Å². The van der Waals surface area contributed by atoms with Gasteiger partial charge in [-0.05, 0) is 6.42 Å². The maximum atomic E-state index is 9.79. The fraction of sp³-hybridized carbons (Fsp3) is 0.385. The van der Waals surface area contributed by atoms with E-state index in [1.165, 1.54) is 0 Å². The lowest BCUT2D eigenvalue weighted by Crippen LogP contribution is -2.00. The molecule has 142 valence electrons. The third kappa shape index (κ3) is 44.9. The van der Waals surface area contributed by atoms with Crippen molar-refractivity contribution in [3.05, 3.63) is 12.2 Å². The van der Waals surface area contributed by atoms with Crippen LogP contribution >= 0.6 is 0 Å². The van der Waals surface area contributed by atoms with Gasteiger partial charge in [0.1, 0.15) is 0 Å². The van der Waals surface area contributed by atoms with Crippen molar-refractivity contribution < 1.29 is 59.4 Å². The molecule has 0 aliphatic carbocycles. The van der Waals surface area contributed by atoms with E-state index in [4.69, 9.17) is 30.6 Å². The molecule has 0 rings (SSSR count). The van der Waals surface area contributed by atoms with E-state index in [-0.39, 0.29) is 32.1 Å². The minimum atomic E-state index is -1.26. The molecule has 0 bridgehead atoms. The zero-order chi connectivity index (χ0) is 20.4. The monoisotopic (exact) mass is 366 g/mol. The van der Waals surface area contributed by atoms with Crippen molar-refractivity contribution in [2.24, 2.45) is 0 Å². The molecule has 0 amide bonds. The van der Waals surface area contributed by atoms with E-state index in [0.717, 1.165) is 0 Å². The van der Waals surface area contributed by atoms with Gasteiger partial charge in [0.2, 0.25) is 0 Å². The molecule has 0 spiro atoms. The molecule has 25 heavy (non-hydrogen) atoms. The van der Waals surface area contributed by atoms with E-state index in [2.05, 4.69) is 0 Å². The quantitative estimate of drug-likeness (QED) is 0.296. The highest BCUT2D eigenvalue weighted by Gasteiger charge is 2.00. The summed E-state index contributed by atoms with van der Waals surface area (Å²) in [6.45, 7) is 0. The normalized spacial score (nSPS) is 8.96. The highest BCUT2D eigenvalue weighted by molar-refractivity contribution is 5.89. The number of rotatable bonds is 9. The van der Waals surface area contributed by atoms with Gasteiger partial charge in [-0.1, -0.05) is 0 Å². The average molecular weight is 366 g/mol. The minimum absolute atomic E-state index is 0.0632. The van der Waals surface area contributed by atoms with E-state index in [0.29, 0.717) is 12.2 Å². The van der Waals surface area contributed by atoms with Crippen molar-refractivity contribution in [2.75, 3.05) is 0 Å². The van der Waals surface area contributed by atoms with Crippen LogP contribution in [0.2, 0.25) is 0 Å². The molecule has 0 saturated heterocycles. The first-order valence-electron chi connectivity index (χ1n) is 6.39. The Morgan fingerprint density at radius 2 is 0.720 bits per heavy atom. The van der Waals surface area contributed by atoms with E-state index in [1.54, 1.807) is 0 Å². The molecule has 0 unspecified atom stereocenters. The first-order chi connectivity index (χ1) is 11.4. The molecule has 0 aliphatic heterocycles.